The molecule has 160 valence electrons. The lowest BCUT2D eigenvalue weighted by atomic mass is 10.1. The van der Waals surface area contributed by atoms with Gasteiger partial charge < -0.3 is 15.4 Å². The molecular formula is C22H18F2N2O4S. The van der Waals surface area contributed by atoms with E-state index in [2.05, 4.69) is 10.6 Å². The number of anilines is 2. The molecule has 0 spiro atoms. The first kappa shape index (κ1) is 22.1. The number of rotatable bonds is 6. The van der Waals surface area contributed by atoms with Crippen LogP contribution < -0.4 is 10.6 Å². The van der Waals surface area contributed by atoms with Gasteiger partial charge in [-0.2, -0.15) is 0 Å². The van der Waals surface area contributed by atoms with Crippen LogP contribution in [0.3, 0.4) is 0 Å². The highest BCUT2D eigenvalue weighted by atomic mass is 32.1. The lowest BCUT2D eigenvalue weighted by Crippen LogP contribution is -2.15. The number of hydrogen-bond acceptors (Lipinski definition) is 5. The maximum absolute atomic E-state index is 13.9. The minimum absolute atomic E-state index is 0.0186. The zero-order valence-electron chi connectivity index (χ0n) is 16.6. The molecule has 6 nitrogen and oxygen atoms in total. The van der Waals surface area contributed by atoms with E-state index >= 15 is 0 Å². The van der Waals surface area contributed by atoms with Crippen LogP contribution in [0.5, 0.6) is 0 Å². The molecule has 9 heteroatoms. The van der Waals surface area contributed by atoms with Crippen LogP contribution in [0, 0.1) is 18.6 Å². The molecule has 0 aliphatic carbocycles. The highest BCUT2D eigenvalue weighted by molar-refractivity contribution is 7.19. The van der Waals surface area contributed by atoms with Crippen LogP contribution in [0.1, 0.15) is 42.9 Å². The number of thiophene rings is 1. The van der Waals surface area contributed by atoms with Crippen molar-refractivity contribution in [3.05, 3.63) is 81.7 Å². The van der Waals surface area contributed by atoms with E-state index in [0.29, 0.717) is 0 Å². The van der Waals surface area contributed by atoms with Gasteiger partial charge in [0.2, 0.25) is 0 Å². The van der Waals surface area contributed by atoms with Gasteiger partial charge in [-0.3, -0.25) is 9.59 Å². The molecule has 1 aromatic heterocycles. The minimum atomic E-state index is -0.712. The number of esters is 1. The van der Waals surface area contributed by atoms with Gasteiger partial charge in [0.05, 0.1) is 22.7 Å². The van der Waals surface area contributed by atoms with Crippen molar-refractivity contribution in [2.75, 3.05) is 17.2 Å². The normalized spacial score (nSPS) is 10.5. The summed E-state index contributed by atoms with van der Waals surface area (Å²) in [6.07, 6.45) is 0. The zero-order valence-corrected chi connectivity index (χ0v) is 17.4. The van der Waals surface area contributed by atoms with Gasteiger partial charge in [-0.15, -0.1) is 11.3 Å². The van der Waals surface area contributed by atoms with E-state index in [0.717, 1.165) is 23.5 Å². The Kier molecular flexibility index (Phi) is 6.76. The summed E-state index contributed by atoms with van der Waals surface area (Å²) in [7, 11) is 0. The molecule has 0 bridgehead atoms. The summed E-state index contributed by atoms with van der Waals surface area (Å²) < 4.78 is 32.1. The van der Waals surface area contributed by atoms with E-state index in [-0.39, 0.29) is 38.9 Å². The third kappa shape index (κ3) is 4.95. The summed E-state index contributed by atoms with van der Waals surface area (Å²) in [5, 5.41) is 5.14. The van der Waals surface area contributed by atoms with Crippen molar-refractivity contribution in [2.24, 2.45) is 0 Å². The van der Waals surface area contributed by atoms with E-state index in [1.54, 1.807) is 13.0 Å². The number of nitrogens with one attached hydrogen (secondary N) is 2. The van der Waals surface area contributed by atoms with Crippen molar-refractivity contribution in [1.82, 2.24) is 0 Å². The SMILES string of the molecule is CCOC(=O)c1c(NC(=O)c2ccc(F)cc2)sc(C(=O)Nc2ccccc2F)c1C. The van der Waals surface area contributed by atoms with Crippen LogP contribution in [-0.2, 0) is 4.74 Å². The van der Waals surface area contributed by atoms with Gasteiger partial charge in [-0.05, 0) is 55.8 Å². The Morgan fingerprint density at radius 3 is 2.29 bits per heavy atom. The van der Waals surface area contributed by atoms with E-state index in [1.165, 1.54) is 37.3 Å². The largest absolute Gasteiger partial charge is 0.462 e. The predicted molar refractivity (Wildman–Crippen MR) is 114 cm³/mol. The quantitative estimate of drug-likeness (QED) is 0.523. The average molecular weight is 444 g/mol. The highest BCUT2D eigenvalue weighted by Crippen LogP contribution is 2.35. The molecule has 0 radical (unpaired) electrons. The topological polar surface area (TPSA) is 84.5 Å². The van der Waals surface area contributed by atoms with Crippen molar-refractivity contribution in [2.45, 2.75) is 13.8 Å². The van der Waals surface area contributed by atoms with Gasteiger partial charge >= 0.3 is 5.97 Å². The smallest absolute Gasteiger partial charge is 0.341 e. The molecule has 2 amide bonds. The Labute approximate surface area is 180 Å². The predicted octanol–water partition coefficient (Wildman–Crippen LogP) is 5.02. The fourth-order valence-electron chi connectivity index (χ4n) is 2.79. The van der Waals surface area contributed by atoms with Gasteiger partial charge in [0.15, 0.2) is 0 Å². The third-order valence-corrected chi connectivity index (χ3v) is 5.49. The van der Waals surface area contributed by atoms with Gasteiger partial charge in [0.1, 0.15) is 16.6 Å². The molecule has 2 aromatic carbocycles. The number of benzene rings is 2. The molecule has 0 aliphatic rings. The van der Waals surface area contributed by atoms with E-state index in [4.69, 9.17) is 4.74 Å². The number of amides is 2. The summed E-state index contributed by atoms with van der Waals surface area (Å²) >= 11 is 0.858. The summed E-state index contributed by atoms with van der Waals surface area (Å²) in [6.45, 7) is 3.25. The van der Waals surface area contributed by atoms with Crippen molar-refractivity contribution in [1.29, 1.82) is 0 Å². The molecule has 31 heavy (non-hydrogen) atoms. The van der Waals surface area contributed by atoms with E-state index < -0.39 is 29.4 Å². The van der Waals surface area contributed by atoms with Gasteiger partial charge in [-0.1, -0.05) is 12.1 Å². The Morgan fingerprint density at radius 2 is 1.65 bits per heavy atom. The minimum Gasteiger partial charge on any atom is -0.462 e. The number of carbonyl (C=O) groups is 3. The van der Waals surface area contributed by atoms with Crippen LogP contribution in [0.15, 0.2) is 48.5 Å². The molecule has 3 rings (SSSR count). The molecule has 0 atom stereocenters. The third-order valence-electron chi connectivity index (χ3n) is 4.29. The highest BCUT2D eigenvalue weighted by Gasteiger charge is 2.27. The van der Waals surface area contributed by atoms with Crippen molar-refractivity contribution in [3.63, 3.8) is 0 Å². The lowest BCUT2D eigenvalue weighted by Gasteiger charge is -2.07. The van der Waals surface area contributed by atoms with Crippen LogP contribution in [0.25, 0.3) is 0 Å². The number of hydrogen-bond donors (Lipinski definition) is 2. The molecule has 2 N–H and O–H groups in total. The Hall–Kier alpha value is -3.59. The number of ether oxygens (including phenoxy) is 1. The fourth-order valence-corrected chi connectivity index (χ4v) is 3.87. The van der Waals surface area contributed by atoms with Gasteiger partial charge in [0.25, 0.3) is 11.8 Å². The van der Waals surface area contributed by atoms with Crippen molar-refractivity contribution in [3.8, 4) is 0 Å². The molecule has 1 heterocycles. The van der Waals surface area contributed by atoms with Crippen molar-refractivity contribution < 1.29 is 27.9 Å². The number of halogens is 2. The fraction of sp³-hybridized carbons (Fsp3) is 0.136. The maximum Gasteiger partial charge on any atom is 0.341 e. The lowest BCUT2D eigenvalue weighted by molar-refractivity contribution is 0.0527. The standard InChI is InChI=1S/C22H18F2N2O4S/c1-3-30-22(29)17-12(2)18(20(28)25-16-7-5-4-6-15(16)24)31-21(17)26-19(27)13-8-10-14(23)11-9-13/h4-11H,3H2,1-2H3,(H,25,28)(H,26,27). The molecule has 0 aliphatic heterocycles. The Morgan fingerprint density at radius 1 is 0.968 bits per heavy atom. The van der Waals surface area contributed by atoms with Crippen LogP contribution in [0.4, 0.5) is 19.5 Å². The molecular weight excluding hydrogens is 426 g/mol. The van der Waals surface area contributed by atoms with E-state index in [9.17, 15) is 23.2 Å². The van der Waals surface area contributed by atoms with E-state index in [1.807, 2.05) is 0 Å². The first-order chi connectivity index (χ1) is 14.8. The first-order valence-corrected chi connectivity index (χ1v) is 10.1. The van der Waals surface area contributed by atoms with Crippen LogP contribution in [-0.4, -0.2) is 24.4 Å². The number of para-hydroxylation sites is 1. The molecule has 3 aromatic rings. The Balaban J connectivity index is 1.95. The summed E-state index contributed by atoms with van der Waals surface area (Å²) in [5.74, 6) is -3.05. The monoisotopic (exact) mass is 444 g/mol. The molecule has 0 fully saturated rings. The molecule has 0 saturated carbocycles. The van der Waals surface area contributed by atoms with Crippen LogP contribution in [0.2, 0.25) is 0 Å². The second-order valence-electron chi connectivity index (χ2n) is 6.38. The summed E-state index contributed by atoms with van der Waals surface area (Å²) in [4.78, 5) is 37.9. The number of carbonyl (C=O) groups excluding carboxylic acids is 3. The average Bonchev–Trinajstić information content (AvgIpc) is 3.06. The van der Waals surface area contributed by atoms with Crippen LogP contribution >= 0.6 is 11.3 Å². The summed E-state index contributed by atoms with van der Waals surface area (Å²) in [6, 6.07) is 10.5. The molecule has 0 unspecified atom stereocenters. The Bertz CT molecular complexity index is 1140. The van der Waals surface area contributed by atoms with Crippen molar-refractivity contribution >= 4 is 39.8 Å². The maximum atomic E-state index is 13.9. The second-order valence-corrected chi connectivity index (χ2v) is 7.40. The van der Waals surface area contributed by atoms with Gasteiger partial charge in [0, 0.05) is 5.56 Å². The van der Waals surface area contributed by atoms with Gasteiger partial charge in [-0.25, -0.2) is 13.6 Å². The molecule has 0 saturated heterocycles. The summed E-state index contributed by atoms with van der Waals surface area (Å²) in [5.41, 5.74) is 0.460. The first-order valence-electron chi connectivity index (χ1n) is 9.25. The second kappa shape index (κ2) is 9.48. The zero-order chi connectivity index (χ0) is 22.5.